The van der Waals surface area contributed by atoms with Gasteiger partial charge in [0.25, 0.3) is 0 Å². The molecule has 5 heteroatoms. The number of ether oxygens (including phenoxy) is 2. The largest absolute Gasteiger partial charge is 0.492 e. The number of thiocarbonyl (C=S) groups is 1. The lowest BCUT2D eigenvalue weighted by Gasteiger charge is -2.14. The van der Waals surface area contributed by atoms with E-state index in [1.807, 2.05) is 48.5 Å². The van der Waals surface area contributed by atoms with Crippen LogP contribution in [0.1, 0.15) is 31.2 Å². The van der Waals surface area contributed by atoms with Gasteiger partial charge < -0.3 is 20.1 Å². The van der Waals surface area contributed by atoms with Crippen molar-refractivity contribution in [2.75, 3.05) is 18.5 Å². The molecule has 2 N–H and O–H groups in total. The van der Waals surface area contributed by atoms with Crippen LogP contribution in [0.4, 0.5) is 5.69 Å². The van der Waals surface area contributed by atoms with Crippen molar-refractivity contribution in [2.45, 2.75) is 38.7 Å². The first-order chi connectivity index (χ1) is 12.7. The Morgan fingerprint density at radius 3 is 2.35 bits per heavy atom. The average molecular weight is 371 g/mol. The molecular formula is C21H26N2O2S. The highest BCUT2D eigenvalue weighted by atomic mass is 32.1. The van der Waals surface area contributed by atoms with Crippen molar-refractivity contribution < 1.29 is 9.47 Å². The van der Waals surface area contributed by atoms with Gasteiger partial charge in [0.05, 0.1) is 12.6 Å². The average Bonchev–Trinajstić information content (AvgIpc) is 3.15. The molecule has 1 aliphatic carbocycles. The molecule has 0 aromatic heterocycles. The third kappa shape index (κ3) is 5.92. The Bertz CT molecular complexity index is 695. The Hall–Kier alpha value is -2.27. The van der Waals surface area contributed by atoms with Gasteiger partial charge in [0.15, 0.2) is 5.11 Å². The maximum atomic E-state index is 5.97. The van der Waals surface area contributed by atoms with Crippen LogP contribution in [0.25, 0.3) is 0 Å². The molecule has 0 bridgehead atoms. The number of anilines is 1. The summed E-state index contributed by atoms with van der Waals surface area (Å²) >= 11 is 5.32. The van der Waals surface area contributed by atoms with E-state index < -0.39 is 0 Å². The van der Waals surface area contributed by atoms with Gasteiger partial charge in [0.2, 0.25) is 0 Å². The van der Waals surface area contributed by atoms with Crippen molar-refractivity contribution in [3.8, 4) is 11.5 Å². The number of hydrogen-bond donors (Lipinski definition) is 2. The molecule has 0 unspecified atom stereocenters. The van der Waals surface area contributed by atoms with Crippen molar-refractivity contribution >= 4 is 23.0 Å². The Labute approximate surface area is 160 Å². The van der Waals surface area contributed by atoms with Crippen LogP contribution in [0.15, 0.2) is 48.5 Å². The van der Waals surface area contributed by atoms with Gasteiger partial charge in [-0.2, -0.15) is 0 Å². The SMILES string of the molecule is Cc1ccc(OCCNC(=S)Nc2ccc(OC3CCCC3)cc2)cc1. The van der Waals surface area contributed by atoms with Crippen LogP contribution in [-0.4, -0.2) is 24.4 Å². The number of benzene rings is 2. The highest BCUT2D eigenvalue weighted by Crippen LogP contribution is 2.25. The van der Waals surface area contributed by atoms with Crippen LogP contribution in [0.3, 0.4) is 0 Å². The molecule has 0 aliphatic heterocycles. The van der Waals surface area contributed by atoms with E-state index in [0.717, 1.165) is 17.2 Å². The van der Waals surface area contributed by atoms with Gasteiger partial charge >= 0.3 is 0 Å². The van der Waals surface area contributed by atoms with E-state index >= 15 is 0 Å². The second-order valence-electron chi connectivity index (χ2n) is 6.59. The molecule has 2 aromatic carbocycles. The molecule has 0 amide bonds. The van der Waals surface area contributed by atoms with Gasteiger partial charge in [0.1, 0.15) is 18.1 Å². The van der Waals surface area contributed by atoms with Crippen LogP contribution in [0.2, 0.25) is 0 Å². The van der Waals surface area contributed by atoms with E-state index in [-0.39, 0.29) is 0 Å². The Balaban J connectivity index is 1.35. The van der Waals surface area contributed by atoms with Crippen LogP contribution < -0.4 is 20.1 Å². The minimum absolute atomic E-state index is 0.380. The van der Waals surface area contributed by atoms with Crippen molar-refractivity contribution in [3.05, 3.63) is 54.1 Å². The van der Waals surface area contributed by atoms with E-state index in [0.29, 0.717) is 24.4 Å². The highest BCUT2D eigenvalue weighted by Gasteiger charge is 2.16. The standard InChI is InChI=1S/C21H26N2O2S/c1-16-6-10-18(11-7-16)24-15-14-22-21(26)23-17-8-12-20(13-9-17)25-19-4-2-3-5-19/h6-13,19H,2-5,14-15H2,1H3,(H2,22,23,26). The summed E-state index contributed by atoms with van der Waals surface area (Å²) in [7, 11) is 0. The van der Waals surface area contributed by atoms with Gasteiger partial charge in [0, 0.05) is 5.69 Å². The summed E-state index contributed by atoms with van der Waals surface area (Å²) in [6.45, 7) is 3.25. The molecular weight excluding hydrogens is 344 g/mol. The van der Waals surface area contributed by atoms with Crippen LogP contribution in [-0.2, 0) is 0 Å². The fourth-order valence-corrected chi connectivity index (χ4v) is 3.18. The zero-order chi connectivity index (χ0) is 18.2. The van der Waals surface area contributed by atoms with E-state index in [4.69, 9.17) is 21.7 Å². The minimum atomic E-state index is 0.380. The summed E-state index contributed by atoms with van der Waals surface area (Å²) in [5.74, 6) is 1.79. The third-order valence-corrected chi connectivity index (χ3v) is 4.64. The quantitative estimate of drug-likeness (QED) is 0.547. The van der Waals surface area contributed by atoms with E-state index in [1.54, 1.807) is 0 Å². The van der Waals surface area contributed by atoms with E-state index in [9.17, 15) is 0 Å². The summed E-state index contributed by atoms with van der Waals surface area (Å²) in [5.41, 5.74) is 2.17. The van der Waals surface area contributed by atoms with Crippen molar-refractivity contribution in [3.63, 3.8) is 0 Å². The van der Waals surface area contributed by atoms with Crippen LogP contribution >= 0.6 is 12.2 Å². The topological polar surface area (TPSA) is 42.5 Å². The number of nitrogens with one attached hydrogen (secondary N) is 2. The van der Waals surface area contributed by atoms with Gasteiger partial charge in [-0.05, 0) is 81.2 Å². The summed E-state index contributed by atoms with van der Waals surface area (Å²) in [6.07, 6.45) is 5.26. The molecule has 26 heavy (non-hydrogen) atoms. The first-order valence-electron chi connectivity index (χ1n) is 9.20. The molecule has 0 heterocycles. The minimum Gasteiger partial charge on any atom is -0.492 e. The maximum Gasteiger partial charge on any atom is 0.170 e. The molecule has 0 saturated heterocycles. The first kappa shape index (κ1) is 18.5. The molecule has 4 nitrogen and oxygen atoms in total. The number of hydrogen-bond acceptors (Lipinski definition) is 3. The second-order valence-corrected chi connectivity index (χ2v) is 7.00. The predicted molar refractivity (Wildman–Crippen MR) is 110 cm³/mol. The molecule has 3 rings (SSSR count). The molecule has 1 fully saturated rings. The molecule has 138 valence electrons. The lowest BCUT2D eigenvalue weighted by Crippen LogP contribution is -2.31. The van der Waals surface area contributed by atoms with Gasteiger partial charge in [-0.15, -0.1) is 0 Å². The summed E-state index contributed by atoms with van der Waals surface area (Å²) in [6, 6.07) is 16.0. The summed E-state index contributed by atoms with van der Waals surface area (Å²) < 4.78 is 11.6. The van der Waals surface area contributed by atoms with E-state index in [2.05, 4.69) is 17.6 Å². The second kappa shape index (κ2) is 9.43. The normalized spacial score (nSPS) is 14.0. The van der Waals surface area contributed by atoms with Crippen LogP contribution in [0.5, 0.6) is 11.5 Å². The molecule has 0 radical (unpaired) electrons. The first-order valence-corrected chi connectivity index (χ1v) is 9.61. The zero-order valence-electron chi connectivity index (χ0n) is 15.2. The molecule has 1 aliphatic rings. The van der Waals surface area contributed by atoms with Crippen molar-refractivity contribution in [1.29, 1.82) is 0 Å². The molecule has 2 aromatic rings. The molecule has 0 spiro atoms. The predicted octanol–water partition coefficient (Wildman–Crippen LogP) is 4.68. The van der Waals surface area contributed by atoms with Crippen molar-refractivity contribution in [1.82, 2.24) is 5.32 Å². The lowest BCUT2D eigenvalue weighted by molar-refractivity contribution is 0.210. The fraction of sp³-hybridized carbons (Fsp3) is 0.381. The fourth-order valence-electron chi connectivity index (χ4n) is 2.96. The Kier molecular flexibility index (Phi) is 6.72. The van der Waals surface area contributed by atoms with Gasteiger partial charge in [-0.25, -0.2) is 0 Å². The zero-order valence-corrected chi connectivity index (χ0v) is 16.0. The number of aryl methyl sites for hydroxylation is 1. The highest BCUT2D eigenvalue weighted by molar-refractivity contribution is 7.80. The Morgan fingerprint density at radius 1 is 1.00 bits per heavy atom. The monoisotopic (exact) mass is 370 g/mol. The summed E-state index contributed by atoms with van der Waals surface area (Å²) in [5, 5.41) is 6.91. The van der Waals surface area contributed by atoms with E-state index in [1.165, 1.54) is 31.2 Å². The smallest absolute Gasteiger partial charge is 0.170 e. The molecule has 1 saturated carbocycles. The van der Waals surface area contributed by atoms with Crippen LogP contribution in [0, 0.1) is 6.92 Å². The molecule has 0 atom stereocenters. The van der Waals surface area contributed by atoms with Crippen molar-refractivity contribution in [2.24, 2.45) is 0 Å². The van der Waals surface area contributed by atoms with Gasteiger partial charge in [-0.3, -0.25) is 0 Å². The maximum absolute atomic E-state index is 5.97. The van der Waals surface area contributed by atoms with Gasteiger partial charge in [-0.1, -0.05) is 17.7 Å². The Morgan fingerprint density at radius 2 is 1.65 bits per heavy atom. The summed E-state index contributed by atoms with van der Waals surface area (Å²) in [4.78, 5) is 0. The lowest BCUT2D eigenvalue weighted by atomic mass is 10.2. The third-order valence-electron chi connectivity index (χ3n) is 4.39. The number of rotatable bonds is 7.